The predicted octanol–water partition coefficient (Wildman–Crippen LogP) is 10.8. The Morgan fingerprint density at radius 2 is 1.15 bits per heavy atom. The molecule has 0 radical (unpaired) electrons. The van der Waals surface area contributed by atoms with Gasteiger partial charge < -0.3 is 0 Å². The number of nitrogens with zero attached hydrogens (tertiary/aromatic N) is 2. The van der Waals surface area contributed by atoms with Gasteiger partial charge in [-0.2, -0.15) is 0 Å². The van der Waals surface area contributed by atoms with Crippen LogP contribution in [-0.4, -0.2) is 9.97 Å². The van der Waals surface area contributed by atoms with Crippen LogP contribution in [0.4, 0.5) is 0 Å². The molecule has 0 aliphatic carbocycles. The van der Waals surface area contributed by atoms with Crippen molar-refractivity contribution in [1.29, 1.82) is 0 Å². The van der Waals surface area contributed by atoms with Gasteiger partial charge in [0.05, 0.1) is 16.7 Å². The van der Waals surface area contributed by atoms with Gasteiger partial charge in [0.25, 0.3) is 0 Å². The smallest absolute Gasteiger partial charge is 0.0795 e. The van der Waals surface area contributed by atoms with Gasteiger partial charge >= 0.3 is 0 Å². The summed E-state index contributed by atoms with van der Waals surface area (Å²) in [6.45, 7) is 0. The number of hydrogen-bond donors (Lipinski definition) is 0. The molecule has 0 N–H and O–H groups in total. The Balaban J connectivity index is 1.33. The molecule has 0 atom stereocenters. The van der Waals surface area contributed by atoms with Gasteiger partial charge in [-0.3, -0.25) is 4.98 Å². The number of aromatic nitrogens is 2. The van der Waals surface area contributed by atoms with Crippen LogP contribution in [0, 0.1) is 0 Å². The van der Waals surface area contributed by atoms with Crippen molar-refractivity contribution in [3.05, 3.63) is 134 Å². The highest BCUT2D eigenvalue weighted by Crippen LogP contribution is 2.43. The van der Waals surface area contributed by atoms with Gasteiger partial charge in [0, 0.05) is 58.9 Å². The maximum absolute atomic E-state index is 5.29. The average molecular weight is 539 g/mol. The molecule has 0 fully saturated rings. The largest absolute Gasteiger partial charge is 0.256 e. The van der Waals surface area contributed by atoms with Gasteiger partial charge in [-0.05, 0) is 34.7 Å². The zero-order valence-electron chi connectivity index (χ0n) is 22.0. The summed E-state index contributed by atoms with van der Waals surface area (Å²) in [5.41, 5.74) is 6.60. The van der Waals surface area contributed by atoms with E-state index in [0.29, 0.717) is 0 Å². The number of hydrogen-bond acceptors (Lipinski definition) is 3. The van der Waals surface area contributed by atoms with Crippen LogP contribution in [0.25, 0.3) is 85.9 Å². The molecule has 3 heteroatoms. The Hall–Kier alpha value is -5.12. The van der Waals surface area contributed by atoms with Gasteiger partial charge in [0.15, 0.2) is 0 Å². The molecule has 0 spiro atoms. The summed E-state index contributed by atoms with van der Waals surface area (Å²) >= 11 is 1.87. The summed E-state index contributed by atoms with van der Waals surface area (Å²) in [7, 11) is 0. The molecule has 0 aliphatic heterocycles. The molecule has 0 bridgehead atoms. The fourth-order valence-electron chi connectivity index (χ4n) is 6.47. The van der Waals surface area contributed by atoms with Crippen molar-refractivity contribution in [2.45, 2.75) is 0 Å². The van der Waals surface area contributed by atoms with Crippen molar-refractivity contribution < 1.29 is 0 Å². The number of para-hydroxylation sites is 1. The molecular weight excluding hydrogens is 516 g/mol. The van der Waals surface area contributed by atoms with Gasteiger partial charge in [0.1, 0.15) is 0 Å². The Labute approximate surface area is 240 Å². The quantitative estimate of drug-likeness (QED) is 0.205. The molecule has 0 unspecified atom stereocenters. The fraction of sp³-hybridized carbons (Fsp3) is 0. The Bertz CT molecular complexity index is 2470. The van der Waals surface area contributed by atoms with Crippen molar-refractivity contribution in [3.63, 3.8) is 0 Å². The molecule has 3 heterocycles. The molecule has 0 amide bonds. The highest BCUT2D eigenvalue weighted by molar-refractivity contribution is 7.26. The summed E-state index contributed by atoms with van der Waals surface area (Å²) in [5.74, 6) is 0. The first kappa shape index (κ1) is 22.7. The summed E-state index contributed by atoms with van der Waals surface area (Å²) < 4.78 is 2.66. The minimum absolute atomic E-state index is 0.995. The van der Waals surface area contributed by atoms with E-state index in [9.17, 15) is 0 Å². The maximum atomic E-state index is 5.29. The van der Waals surface area contributed by atoms with E-state index < -0.39 is 0 Å². The number of pyridine rings is 2. The third kappa shape index (κ3) is 3.30. The summed E-state index contributed by atoms with van der Waals surface area (Å²) in [5, 5.41) is 9.72. The second kappa shape index (κ2) is 8.69. The molecule has 2 nitrogen and oxygen atoms in total. The first-order valence-corrected chi connectivity index (χ1v) is 14.7. The molecule has 0 aliphatic rings. The minimum Gasteiger partial charge on any atom is -0.256 e. The van der Waals surface area contributed by atoms with Crippen LogP contribution in [0.2, 0.25) is 0 Å². The van der Waals surface area contributed by atoms with Crippen LogP contribution < -0.4 is 0 Å². The van der Waals surface area contributed by atoms with E-state index in [1.54, 1.807) is 0 Å². The topological polar surface area (TPSA) is 25.8 Å². The first-order valence-electron chi connectivity index (χ1n) is 13.8. The standard InChI is InChI=1S/C38H22N2S/c1-2-11-28-27(10-1)34-30-12-3-5-16-32(30)40-36(35(34)31-15-8-22-39-37(28)31)24-20-18-23(19-21-24)25-13-7-14-29-26-9-4-6-17-33(26)41-38(25)29/h1-22H. The van der Waals surface area contributed by atoms with Gasteiger partial charge in [0.2, 0.25) is 0 Å². The molecule has 9 rings (SSSR count). The number of fused-ring (bicyclic) bond motifs is 11. The second-order valence-electron chi connectivity index (χ2n) is 10.5. The maximum Gasteiger partial charge on any atom is 0.0795 e. The lowest BCUT2D eigenvalue weighted by Gasteiger charge is -2.16. The van der Waals surface area contributed by atoms with Crippen LogP contribution >= 0.6 is 11.3 Å². The van der Waals surface area contributed by atoms with Crippen molar-refractivity contribution in [2.24, 2.45) is 0 Å². The van der Waals surface area contributed by atoms with E-state index in [4.69, 9.17) is 9.97 Å². The van der Waals surface area contributed by atoms with E-state index in [1.807, 2.05) is 23.6 Å². The Morgan fingerprint density at radius 1 is 0.463 bits per heavy atom. The molecular formula is C38H22N2S. The van der Waals surface area contributed by atoms with Crippen LogP contribution in [0.15, 0.2) is 134 Å². The Morgan fingerprint density at radius 3 is 2.02 bits per heavy atom. The van der Waals surface area contributed by atoms with E-state index in [-0.39, 0.29) is 0 Å². The van der Waals surface area contributed by atoms with E-state index >= 15 is 0 Å². The summed E-state index contributed by atoms with van der Waals surface area (Å²) in [4.78, 5) is 10.1. The third-order valence-electron chi connectivity index (χ3n) is 8.29. The minimum atomic E-state index is 0.995. The number of thiophene rings is 1. The zero-order valence-corrected chi connectivity index (χ0v) is 22.8. The SMILES string of the molecule is c1ccc2c(c1)nc(-c1ccc(-c3cccc4c3sc3ccccc34)cc1)c1c3cccnc3c3ccccc3c21. The Kier molecular flexibility index (Phi) is 4.80. The first-order chi connectivity index (χ1) is 20.3. The van der Waals surface area contributed by atoms with E-state index in [0.717, 1.165) is 33.1 Å². The fourth-order valence-corrected chi connectivity index (χ4v) is 7.71. The van der Waals surface area contributed by atoms with Crippen LogP contribution in [0.3, 0.4) is 0 Å². The summed E-state index contributed by atoms with van der Waals surface area (Å²) in [6.07, 6.45) is 1.89. The molecule has 6 aromatic carbocycles. The molecule has 9 aromatic rings. The molecule has 0 saturated carbocycles. The second-order valence-corrected chi connectivity index (χ2v) is 11.6. The molecule has 190 valence electrons. The van der Waals surface area contributed by atoms with Crippen molar-refractivity contribution in [1.82, 2.24) is 9.97 Å². The van der Waals surface area contributed by atoms with Gasteiger partial charge in [-0.1, -0.05) is 109 Å². The van der Waals surface area contributed by atoms with Crippen LogP contribution in [0.5, 0.6) is 0 Å². The highest BCUT2D eigenvalue weighted by atomic mass is 32.1. The van der Waals surface area contributed by atoms with Gasteiger partial charge in [-0.15, -0.1) is 11.3 Å². The lowest BCUT2D eigenvalue weighted by atomic mass is 9.91. The zero-order chi connectivity index (χ0) is 26.9. The molecule has 41 heavy (non-hydrogen) atoms. The number of benzene rings is 6. The van der Waals surface area contributed by atoms with Crippen LogP contribution in [0.1, 0.15) is 0 Å². The van der Waals surface area contributed by atoms with Crippen LogP contribution in [-0.2, 0) is 0 Å². The monoisotopic (exact) mass is 538 g/mol. The molecule has 3 aromatic heterocycles. The number of rotatable bonds is 2. The van der Waals surface area contributed by atoms with E-state index in [1.165, 1.54) is 52.8 Å². The lowest BCUT2D eigenvalue weighted by molar-refractivity contribution is 1.42. The predicted molar refractivity (Wildman–Crippen MR) is 176 cm³/mol. The van der Waals surface area contributed by atoms with Gasteiger partial charge in [-0.25, -0.2) is 4.98 Å². The third-order valence-corrected chi connectivity index (χ3v) is 9.51. The van der Waals surface area contributed by atoms with Crippen molar-refractivity contribution in [2.75, 3.05) is 0 Å². The lowest BCUT2D eigenvalue weighted by Crippen LogP contribution is -1.93. The normalized spacial score (nSPS) is 11.9. The van der Waals surface area contributed by atoms with Crippen molar-refractivity contribution >= 4 is 74.9 Å². The van der Waals surface area contributed by atoms with E-state index in [2.05, 4.69) is 121 Å². The highest BCUT2D eigenvalue weighted by Gasteiger charge is 2.18. The molecule has 0 saturated heterocycles. The summed E-state index contributed by atoms with van der Waals surface area (Å²) in [6, 6.07) is 45.6. The van der Waals surface area contributed by atoms with Crippen molar-refractivity contribution in [3.8, 4) is 22.4 Å². The average Bonchev–Trinajstić information content (AvgIpc) is 3.43.